The number of benzene rings is 2. The number of carbonyl (C=O) groups is 1. The van der Waals surface area contributed by atoms with Crippen LogP contribution in [0.3, 0.4) is 0 Å². The molecule has 6 heteroatoms. The van der Waals surface area contributed by atoms with E-state index in [4.69, 9.17) is 4.52 Å². The summed E-state index contributed by atoms with van der Waals surface area (Å²) in [6.45, 7) is 0.576. The molecule has 0 unspecified atom stereocenters. The summed E-state index contributed by atoms with van der Waals surface area (Å²) in [6.07, 6.45) is 1.64. The Balaban J connectivity index is 1.58. The van der Waals surface area contributed by atoms with Gasteiger partial charge in [0, 0.05) is 11.3 Å². The number of rotatable bonds is 4. The number of anilines is 2. The Hall–Kier alpha value is -3.15. The van der Waals surface area contributed by atoms with Crippen LogP contribution in [0.4, 0.5) is 16.4 Å². The van der Waals surface area contributed by atoms with E-state index in [0.29, 0.717) is 12.2 Å². The number of amides is 2. The van der Waals surface area contributed by atoms with Gasteiger partial charge in [0.05, 0.1) is 0 Å². The molecule has 2 amide bonds. The summed E-state index contributed by atoms with van der Waals surface area (Å²) in [5.41, 5.74) is 1.80. The summed E-state index contributed by atoms with van der Waals surface area (Å²) in [5, 5.41) is 9.17. The van der Waals surface area contributed by atoms with Crippen LogP contribution in [0, 0.1) is 0 Å². The number of para-hydroxylation sites is 1. The van der Waals surface area contributed by atoms with Gasteiger partial charge in [-0.3, -0.25) is 9.84 Å². The van der Waals surface area contributed by atoms with Gasteiger partial charge in [-0.1, -0.05) is 48.5 Å². The zero-order valence-corrected chi connectivity index (χ0v) is 11.8. The number of nitrogens with one attached hydrogen (secondary N) is 2. The summed E-state index contributed by atoms with van der Waals surface area (Å²) in [6, 6.07) is 18.7. The molecule has 110 valence electrons. The van der Waals surface area contributed by atoms with Gasteiger partial charge < -0.3 is 5.32 Å². The van der Waals surface area contributed by atoms with Gasteiger partial charge in [0.25, 0.3) is 6.20 Å². The maximum Gasteiger partial charge on any atom is 0.326 e. The number of hydrogen-bond donors (Lipinski definition) is 2. The Kier molecular flexibility index (Phi) is 4.10. The Bertz CT molecular complexity index is 741. The minimum atomic E-state index is -0.380. The highest BCUT2D eigenvalue weighted by Crippen LogP contribution is 2.07. The Labute approximate surface area is 127 Å². The Morgan fingerprint density at radius 2 is 1.68 bits per heavy atom. The second-order valence-electron chi connectivity index (χ2n) is 4.69. The fourth-order valence-corrected chi connectivity index (χ4v) is 1.97. The normalized spacial score (nSPS) is 10.2. The lowest BCUT2D eigenvalue weighted by atomic mass is 10.2. The maximum absolute atomic E-state index is 11.8. The average Bonchev–Trinajstić information content (AvgIpc) is 2.96. The first-order valence-corrected chi connectivity index (χ1v) is 6.83. The first-order valence-electron chi connectivity index (χ1n) is 6.83. The van der Waals surface area contributed by atoms with Crippen molar-refractivity contribution < 1.29 is 14.0 Å². The highest BCUT2D eigenvalue weighted by Gasteiger charge is 2.14. The highest BCUT2D eigenvalue weighted by molar-refractivity contribution is 5.98. The van der Waals surface area contributed by atoms with Crippen LogP contribution >= 0.6 is 0 Å². The van der Waals surface area contributed by atoms with Crippen LogP contribution in [-0.4, -0.2) is 11.3 Å². The fraction of sp³-hybridized carbons (Fsp3) is 0.0625. The summed E-state index contributed by atoms with van der Waals surface area (Å²) in [4.78, 5) is 11.8. The zero-order chi connectivity index (χ0) is 15.2. The SMILES string of the molecule is O=C(Nc1ccccc1)Nc1c[n+](Cc2ccccc2)no1. The van der Waals surface area contributed by atoms with E-state index in [0.717, 1.165) is 5.56 Å². The maximum atomic E-state index is 11.8. The molecule has 0 saturated carbocycles. The second-order valence-corrected chi connectivity index (χ2v) is 4.69. The van der Waals surface area contributed by atoms with Crippen LogP contribution < -0.4 is 15.3 Å². The van der Waals surface area contributed by atoms with Gasteiger partial charge >= 0.3 is 11.9 Å². The number of carbonyl (C=O) groups excluding carboxylic acids is 1. The molecule has 0 atom stereocenters. The predicted octanol–water partition coefficient (Wildman–Crippen LogP) is 2.65. The van der Waals surface area contributed by atoms with Gasteiger partial charge in [0.1, 0.15) is 0 Å². The molecule has 6 nitrogen and oxygen atoms in total. The van der Waals surface area contributed by atoms with Crippen molar-refractivity contribution in [2.24, 2.45) is 0 Å². The number of hydrogen-bond acceptors (Lipinski definition) is 3. The van der Waals surface area contributed by atoms with Crippen LogP contribution in [-0.2, 0) is 6.54 Å². The zero-order valence-electron chi connectivity index (χ0n) is 11.8. The number of aromatic nitrogens is 2. The minimum absolute atomic E-state index is 0.282. The lowest BCUT2D eigenvalue weighted by molar-refractivity contribution is -0.754. The molecule has 3 aromatic rings. The second kappa shape index (κ2) is 6.53. The van der Waals surface area contributed by atoms with Crippen LogP contribution in [0.1, 0.15) is 5.56 Å². The fourth-order valence-electron chi connectivity index (χ4n) is 1.97. The van der Waals surface area contributed by atoms with Crippen molar-refractivity contribution in [1.29, 1.82) is 0 Å². The number of nitrogens with zero attached hydrogens (tertiary/aromatic N) is 2. The molecule has 1 heterocycles. The van der Waals surface area contributed by atoms with Crippen molar-refractivity contribution in [3.63, 3.8) is 0 Å². The lowest BCUT2D eigenvalue weighted by Gasteiger charge is -2.02. The topological polar surface area (TPSA) is 71.0 Å². The molecule has 0 aliphatic heterocycles. The molecule has 0 bridgehead atoms. The van der Waals surface area contributed by atoms with Gasteiger partial charge in [-0.05, 0) is 16.8 Å². The molecule has 0 aliphatic rings. The van der Waals surface area contributed by atoms with E-state index in [1.165, 1.54) is 0 Å². The first kappa shape index (κ1) is 13.8. The molecule has 0 radical (unpaired) electrons. The highest BCUT2D eigenvalue weighted by atomic mass is 16.5. The van der Waals surface area contributed by atoms with Gasteiger partial charge in [0.15, 0.2) is 0 Å². The van der Waals surface area contributed by atoms with E-state index < -0.39 is 0 Å². The van der Waals surface area contributed by atoms with Gasteiger partial charge in [-0.2, -0.15) is 0 Å². The van der Waals surface area contributed by atoms with Gasteiger partial charge in [0.2, 0.25) is 11.8 Å². The van der Waals surface area contributed by atoms with Crippen molar-refractivity contribution in [1.82, 2.24) is 5.27 Å². The smallest absolute Gasteiger partial charge is 0.308 e. The number of urea groups is 1. The largest absolute Gasteiger partial charge is 0.326 e. The monoisotopic (exact) mass is 295 g/mol. The van der Waals surface area contributed by atoms with Crippen molar-refractivity contribution in [2.75, 3.05) is 10.6 Å². The Morgan fingerprint density at radius 1 is 1.00 bits per heavy atom. The standard InChI is InChI=1S/C16H14N4O2/c21-16(17-14-9-5-2-6-10-14)18-15-12-20(19-22-15)11-13-7-3-1-4-8-13/h1-10,12H,11H2,(H-,17,18,19,21)/p+1. The molecule has 0 spiro atoms. The van der Waals surface area contributed by atoms with Crippen molar-refractivity contribution in [3.05, 3.63) is 72.4 Å². The van der Waals surface area contributed by atoms with E-state index in [1.807, 2.05) is 48.5 Å². The predicted molar refractivity (Wildman–Crippen MR) is 81.3 cm³/mol. The van der Waals surface area contributed by atoms with Gasteiger partial charge in [-0.25, -0.2) is 4.79 Å². The van der Waals surface area contributed by atoms with Crippen molar-refractivity contribution in [2.45, 2.75) is 6.54 Å². The van der Waals surface area contributed by atoms with Gasteiger partial charge in [-0.15, -0.1) is 0 Å². The van der Waals surface area contributed by atoms with Crippen LogP contribution in [0.15, 0.2) is 71.4 Å². The molecule has 1 aromatic heterocycles. The molecule has 2 N–H and O–H groups in total. The molecular weight excluding hydrogens is 280 g/mol. The summed E-state index contributed by atoms with van der Waals surface area (Å²) >= 11 is 0. The molecule has 2 aromatic carbocycles. The molecule has 3 rings (SSSR count). The molecular formula is C16H15N4O2+. The summed E-state index contributed by atoms with van der Waals surface area (Å²) in [5.74, 6) is 0.282. The van der Waals surface area contributed by atoms with E-state index in [-0.39, 0.29) is 11.9 Å². The average molecular weight is 295 g/mol. The van der Waals surface area contributed by atoms with Crippen molar-refractivity contribution in [3.8, 4) is 0 Å². The van der Waals surface area contributed by atoms with E-state index in [9.17, 15) is 4.79 Å². The van der Waals surface area contributed by atoms with Crippen LogP contribution in [0.25, 0.3) is 0 Å². The van der Waals surface area contributed by atoms with E-state index in [2.05, 4.69) is 15.9 Å². The third-order valence-corrected chi connectivity index (χ3v) is 2.97. The lowest BCUT2D eigenvalue weighted by Crippen LogP contribution is -2.35. The van der Waals surface area contributed by atoms with E-state index >= 15 is 0 Å². The Morgan fingerprint density at radius 3 is 2.41 bits per heavy atom. The van der Waals surface area contributed by atoms with Crippen LogP contribution in [0.2, 0.25) is 0 Å². The summed E-state index contributed by atoms with van der Waals surface area (Å²) in [7, 11) is 0. The third-order valence-electron chi connectivity index (χ3n) is 2.97. The molecule has 0 fully saturated rings. The van der Waals surface area contributed by atoms with E-state index in [1.54, 1.807) is 23.0 Å². The van der Waals surface area contributed by atoms with Crippen molar-refractivity contribution >= 4 is 17.6 Å². The molecule has 22 heavy (non-hydrogen) atoms. The van der Waals surface area contributed by atoms with Crippen LogP contribution in [0.5, 0.6) is 0 Å². The molecule has 0 saturated heterocycles. The first-order chi connectivity index (χ1) is 10.8. The molecule has 0 aliphatic carbocycles. The third kappa shape index (κ3) is 3.69. The quantitative estimate of drug-likeness (QED) is 0.727. The summed E-state index contributed by atoms with van der Waals surface area (Å²) < 4.78 is 6.70. The minimum Gasteiger partial charge on any atom is -0.308 e.